The van der Waals surface area contributed by atoms with Gasteiger partial charge in [0.25, 0.3) is 11.8 Å². The SMILES string of the molecule is CCOc1ccc(C2=C(N3CC(C)CC(C)C3)C(=O)N(Cc3cccnc3)C2=O)cc1. The lowest BCUT2D eigenvalue weighted by Crippen LogP contribution is -2.41. The van der Waals surface area contributed by atoms with Gasteiger partial charge < -0.3 is 9.64 Å². The summed E-state index contributed by atoms with van der Waals surface area (Å²) in [6, 6.07) is 11.1. The molecule has 0 radical (unpaired) electrons. The number of piperidine rings is 1. The lowest BCUT2D eigenvalue weighted by atomic mass is 9.91. The number of ether oxygens (including phenoxy) is 1. The standard InChI is InChI=1S/C25H29N3O3/c1-4-31-21-9-7-20(8-10-21)22-23(27-14-17(2)12-18(3)15-27)25(30)28(24(22)29)16-19-6-5-11-26-13-19/h5-11,13,17-18H,4,12,14-16H2,1-3H3. The maximum absolute atomic E-state index is 13.5. The van der Waals surface area contributed by atoms with Crippen LogP contribution in [0.4, 0.5) is 0 Å². The van der Waals surface area contributed by atoms with Crippen LogP contribution in [0.3, 0.4) is 0 Å². The van der Waals surface area contributed by atoms with E-state index in [1.54, 1.807) is 12.4 Å². The Labute approximate surface area is 183 Å². The second-order valence-electron chi connectivity index (χ2n) is 8.59. The Kier molecular flexibility index (Phi) is 6.07. The van der Waals surface area contributed by atoms with E-state index in [9.17, 15) is 9.59 Å². The molecule has 1 aromatic heterocycles. The van der Waals surface area contributed by atoms with Crippen molar-refractivity contribution in [1.29, 1.82) is 0 Å². The van der Waals surface area contributed by atoms with E-state index in [4.69, 9.17) is 4.74 Å². The Morgan fingerprint density at radius 1 is 1.03 bits per heavy atom. The van der Waals surface area contributed by atoms with Gasteiger partial charge in [-0.3, -0.25) is 19.5 Å². The van der Waals surface area contributed by atoms with Crippen LogP contribution in [0.15, 0.2) is 54.5 Å². The van der Waals surface area contributed by atoms with Crippen molar-refractivity contribution in [1.82, 2.24) is 14.8 Å². The Bertz CT molecular complexity index is 975. The molecule has 0 saturated carbocycles. The smallest absolute Gasteiger partial charge is 0.278 e. The molecule has 0 bridgehead atoms. The minimum absolute atomic E-state index is 0.217. The Morgan fingerprint density at radius 2 is 1.74 bits per heavy atom. The van der Waals surface area contributed by atoms with Crippen LogP contribution in [0.25, 0.3) is 5.57 Å². The third-order valence-corrected chi connectivity index (χ3v) is 5.85. The number of aromatic nitrogens is 1. The average Bonchev–Trinajstić information content (AvgIpc) is 2.99. The van der Waals surface area contributed by atoms with Gasteiger partial charge in [-0.15, -0.1) is 0 Å². The van der Waals surface area contributed by atoms with E-state index in [1.807, 2.05) is 43.3 Å². The van der Waals surface area contributed by atoms with Gasteiger partial charge in [0.1, 0.15) is 11.4 Å². The zero-order valence-corrected chi connectivity index (χ0v) is 18.4. The summed E-state index contributed by atoms with van der Waals surface area (Å²) in [6.45, 7) is 8.69. The first-order valence-corrected chi connectivity index (χ1v) is 11.0. The van der Waals surface area contributed by atoms with Crippen LogP contribution in [0.5, 0.6) is 5.75 Å². The molecule has 2 atom stereocenters. The number of likely N-dealkylation sites (tertiary alicyclic amines) is 1. The van der Waals surface area contributed by atoms with Crippen molar-refractivity contribution in [3.63, 3.8) is 0 Å². The summed E-state index contributed by atoms with van der Waals surface area (Å²) in [4.78, 5) is 34.7. The van der Waals surface area contributed by atoms with E-state index >= 15 is 0 Å². The van der Waals surface area contributed by atoms with E-state index in [1.165, 1.54) is 4.90 Å². The van der Waals surface area contributed by atoms with E-state index in [-0.39, 0.29) is 18.4 Å². The molecule has 2 amide bonds. The minimum Gasteiger partial charge on any atom is -0.494 e. The Hall–Kier alpha value is -3.15. The molecule has 1 saturated heterocycles. The van der Waals surface area contributed by atoms with Crippen molar-refractivity contribution in [3.05, 3.63) is 65.6 Å². The maximum atomic E-state index is 13.5. The maximum Gasteiger partial charge on any atom is 0.278 e. The number of amides is 2. The fraction of sp³-hybridized carbons (Fsp3) is 0.400. The molecule has 0 spiro atoms. The Morgan fingerprint density at radius 3 is 2.35 bits per heavy atom. The van der Waals surface area contributed by atoms with Crippen LogP contribution in [-0.2, 0) is 16.1 Å². The van der Waals surface area contributed by atoms with E-state index in [0.29, 0.717) is 29.7 Å². The van der Waals surface area contributed by atoms with Crippen molar-refractivity contribution in [3.8, 4) is 5.75 Å². The highest BCUT2D eigenvalue weighted by Gasteiger charge is 2.42. The number of pyridine rings is 1. The zero-order chi connectivity index (χ0) is 22.0. The highest BCUT2D eigenvalue weighted by Crippen LogP contribution is 2.36. The fourth-order valence-electron chi connectivity index (χ4n) is 4.66. The molecule has 1 aromatic carbocycles. The lowest BCUT2D eigenvalue weighted by Gasteiger charge is -2.37. The van der Waals surface area contributed by atoms with E-state index < -0.39 is 0 Å². The predicted octanol–water partition coefficient (Wildman–Crippen LogP) is 3.74. The van der Waals surface area contributed by atoms with Crippen molar-refractivity contribution in [2.45, 2.75) is 33.7 Å². The number of imide groups is 1. The largest absolute Gasteiger partial charge is 0.494 e. The normalized spacial score (nSPS) is 21.8. The molecule has 0 aliphatic carbocycles. The number of carbonyl (C=O) groups is 2. The van der Waals surface area contributed by atoms with Gasteiger partial charge in [-0.1, -0.05) is 32.0 Å². The molecule has 162 valence electrons. The minimum atomic E-state index is -0.251. The van der Waals surface area contributed by atoms with Gasteiger partial charge in [-0.25, -0.2) is 0 Å². The van der Waals surface area contributed by atoms with Crippen molar-refractivity contribution in [2.24, 2.45) is 11.8 Å². The first-order chi connectivity index (χ1) is 15.0. The molecule has 2 aromatic rings. The van der Waals surface area contributed by atoms with Crippen molar-refractivity contribution < 1.29 is 14.3 Å². The van der Waals surface area contributed by atoms with Crippen molar-refractivity contribution >= 4 is 17.4 Å². The molecule has 31 heavy (non-hydrogen) atoms. The number of benzene rings is 1. The van der Waals surface area contributed by atoms with Gasteiger partial charge in [0.2, 0.25) is 0 Å². The molecule has 3 heterocycles. The molecule has 6 heteroatoms. The summed E-state index contributed by atoms with van der Waals surface area (Å²) >= 11 is 0. The first-order valence-electron chi connectivity index (χ1n) is 11.0. The monoisotopic (exact) mass is 419 g/mol. The van der Waals surface area contributed by atoms with Crippen LogP contribution >= 0.6 is 0 Å². The summed E-state index contributed by atoms with van der Waals surface area (Å²) in [5.74, 6) is 1.21. The molecule has 2 aliphatic rings. The van der Waals surface area contributed by atoms with Crippen LogP contribution < -0.4 is 4.74 Å². The summed E-state index contributed by atoms with van der Waals surface area (Å²) in [6.07, 6.45) is 4.51. The fourth-order valence-corrected chi connectivity index (χ4v) is 4.66. The summed E-state index contributed by atoms with van der Waals surface area (Å²) in [7, 11) is 0. The quantitative estimate of drug-likeness (QED) is 0.668. The molecular formula is C25H29N3O3. The summed E-state index contributed by atoms with van der Waals surface area (Å²) in [5.41, 5.74) is 2.59. The van der Waals surface area contributed by atoms with Gasteiger partial charge in [-0.05, 0) is 54.5 Å². The van der Waals surface area contributed by atoms with E-state index in [0.717, 1.165) is 36.4 Å². The number of carbonyl (C=O) groups excluding carboxylic acids is 2. The zero-order valence-electron chi connectivity index (χ0n) is 18.4. The topological polar surface area (TPSA) is 62.7 Å². The highest BCUT2D eigenvalue weighted by atomic mass is 16.5. The van der Waals surface area contributed by atoms with Crippen LogP contribution in [0, 0.1) is 11.8 Å². The summed E-state index contributed by atoms with van der Waals surface area (Å²) in [5, 5.41) is 0. The molecule has 2 aliphatic heterocycles. The van der Waals surface area contributed by atoms with Gasteiger partial charge in [0, 0.05) is 25.5 Å². The van der Waals surface area contributed by atoms with E-state index in [2.05, 4.69) is 23.7 Å². The predicted molar refractivity (Wildman–Crippen MR) is 119 cm³/mol. The molecular weight excluding hydrogens is 390 g/mol. The lowest BCUT2D eigenvalue weighted by molar-refractivity contribution is -0.138. The van der Waals surface area contributed by atoms with Gasteiger partial charge in [-0.2, -0.15) is 0 Å². The van der Waals surface area contributed by atoms with Crippen LogP contribution in [0.2, 0.25) is 0 Å². The first kappa shape index (κ1) is 21.1. The van der Waals surface area contributed by atoms with Gasteiger partial charge in [0.05, 0.1) is 18.7 Å². The number of nitrogens with zero attached hydrogens (tertiary/aromatic N) is 3. The van der Waals surface area contributed by atoms with Crippen LogP contribution in [0.1, 0.15) is 38.3 Å². The average molecular weight is 420 g/mol. The van der Waals surface area contributed by atoms with Crippen LogP contribution in [-0.4, -0.2) is 46.3 Å². The third-order valence-electron chi connectivity index (χ3n) is 5.85. The molecule has 4 rings (SSSR count). The Balaban J connectivity index is 1.73. The molecule has 6 nitrogen and oxygen atoms in total. The van der Waals surface area contributed by atoms with Gasteiger partial charge >= 0.3 is 0 Å². The number of rotatable bonds is 6. The number of hydrogen-bond donors (Lipinski definition) is 0. The van der Waals surface area contributed by atoms with Gasteiger partial charge in [0.15, 0.2) is 0 Å². The molecule has 0 N–H and O–H groups in total. The summed E-state index contributed by atoms with van der Waals surface area (Å²) < 4.78 is 5.55. The molecule has 1 fully saturated rings. The highest BCUT2D eigenvalue weighted by molar-refractivity contribution is 6.35. The third kappa shape index (κ3) is 4.33. The molecule has 2 unspecified atom stereocenters. The second kappa shape index (κ2) is 8.92. The number of hydrogen-bond acceptors (Lipinski definition) is 5. The second-order valence-corrected chi connectivity index (χ2v) is 8.59. The van der Waals surface area contributed by atoms with Crippen molar-refractivity contribution in [2.75, 3.05) is 19.7 Å².